The molecule has 1 unspecified atom stereocenters. The highest BCUT2D eigenvalue weighted by Gasteiger charge is 2.20. The van der Waals surface area contributed by atoms with Gasteiger partial charge in [-0.05, 0) is 18.8 Å². The summed E-state index contributed by atoms with van der Waals surface area (Å²) in [5, 5.41) is 0. The van der Waals surface area contributed by atoms with Crippen molar-refractivity contribution >= 4 is 0 Å². The average Bonchev–Trinajstić information content (AvgIpc) is 2.02. The highest BCUT2D eigenvalue weighted by atomic mass is 14.9. The summed E-state index contributed by atoms with van der Waals surface area (Å²) in [5.74, 6) is 0.874. The molecule has 72 valence electrons. The fraction of sp³-hybridized carbons (Fsp3) is 1.00. The van der Waals surface area contributed by atoms with Crippen LogP contribution in [-0.4, -0.2) is 5.66 Å². The first-order valence-electron chi connectivity index (χ1n) is 5.18. The average molecular weight is 170 g/mol. The van der Waals surface area contributed by atoms with Crippen molar-refractivity contribution in [2.75, 3.05) is 0 Å². The summed E-state index contributed by atoms with van der Waals surface area (Å²) < 4.78 is 0. The van der Waals surface area contributed by atoms with Gasteiger partial charge in [-0.15, -0.1) is 0 Å². The second kappa shape index (κ2) is 4.24. The van der Waals surface area contributed by atoms with Crippen molar-refractivity contribution in [3.63, 3.8) is 0 Å². The van der Waals surface area contributed by atoms with Crippen LogP contribution in [0.4, 0.5) is 0 Å². The highest BCUT2D eigenvalue weighted by Crippen LogP contribution is 2.23. The second-order valence-electron chi connectivity index (χ2n) is 4.48. The van der Waals surface area contributed by atoms with Gasteiger partial charge in [0.05, 0.1) is 5.66 Å². The molecule has 0 aromatic carbocycles. The van der Waals surface area contributed by atoms with Crippen LogP contribution in [0.2, 0.25) is 0 Å². The fourth-order valence-electron chi connectivity index (χ4n) is 2.00. The largest absolute Gasteiger partial charge is 0.313 e. The van der Waals surface area contributed by atoms with Crippen LogP contribution in [0.25, 0.3) is 0 Å². The van der Waals surface area contributed by atoms with E-state index in [1.165, 1.54) is 32.1 Å². The maximum Gasteiger partial charge on any atom is 0.0636 e. The van der Waals surface area contributed by atoms with Crippen LogP contribution in [0.15, 0.2) is 0 Å². The first-order chi connectivity index (χ1) is 5.60. The molecule has 1 aliphatic carbocycles. The molecule has 1 fully saturated rings. The molecule has 0 radical (unpaired) electrons. The minimum absolute atomic E-state index is 0.371. The Kier molecular flexibility index (Phi) is 3.53. The zero-order valence-electron chi connectivity index (χ0n) is 8.18. The Morgan fingerprint density at radius 3 is 2.33 bits per heavy atom. The van der Waals surface area contributed by atoms with Gasteiger partial charge in [0.2, 0.25) is 0 Å². The SMILES string of the molecule is CC1CCCCC(N)(N)CCC1. The van der Waals surface area contributed by atoms with Crippen molar-refractivity contribution in [3.05, 3.63) is 0 Å². The Balaban J connectivity index is 2.37. The molecule has 0 saturated heterocycles. The van der Waals surface area contributed by atoms with E-state index in [0.29, 0.717) is 0 Å². The Bertz CT molecular complexity index is 132. The van der Waals surface area contributed by atoms with Gasteiger partial charge < -0.3 is 11.5 Å². The smallest absolute Gasteiger partial charge is 0.0636 e. The van der Waals surface area contributed by atoms with Crippen LogP contribution in [0.1, 0.15) is 51.9 Å². The minimum atomic E-state index is -0.371. The van der Waals surface area contributed by atoms with Gasteiger partial charge in [-0.1, -0.05) is 39.0 Å². The lowest BCUT2D eigenvalue weighted by Gasteiger charge is -2.23. The molecular formula is C10H22N2. The van der Waals surface area contributed by atoms with Gasteiger partial charge in [0, 0.05) is 0 Å². The van der Waals surface area contributed by atoms with Crippen molar-refractivity contribution in [1.82, 2.24) is 0 Å². The normalized spacial score (nSPS) is 31.8. The molecule has 0 spiro atoms. The van der Waals surface area contributed by atoms with E-state index in [1.54, 1.807) is 0 Å². The molecule has 0 aromatic rings. The molecule has 1 rings (SSSR count). The summed E-state index contributed by atoms with van der Waals surface area (Å²) in [6.45, 7) is 2.33. The van der Waals surface area contributed by atoms with Crippen LogP contribution in [0, 0.1) is 5.92 Å². The van der Waals surface area contributed by atoms with Gasteiger partial charge in [0.15, 0.2) is 0 Å². The second-order valence-corrected chi connectivity index (χ2v) is 4.48. The molecule has 0 amide bonds. The Hall–Kier alpha value is -0.0800. The predicted octanol–water partition coefficient (Wildman–Crippen LogP) is 1.98. The third kappa shape index (κ3) is 3.55. The quantitative estimate of drug-likeness (QED) is 0.546. The van der Waals surface area contributed by atoms with Crippen molar-refractivity contribution in [1.29, 1.82) is 0 Å². The lowest BCUT2D eigenvalue weighted by atomic mass is 9.98. The Morgan fingerprint density at radius 1 is 1.00 bits per heavy atom. The summed E-state index contributed by atoms with van der Waals surface area (Å²) in [5.41, 5.74) is 11.5. The first-order valence-corrected chi connectivity index (χ1v) is 5.18. The van der Waals surface area contributed by atoms with E-state index in [9.17, 15) is 0 Å². The predicted molar refractivity (Wildman–Crippen MR) is 52.6 cm³/mol. The van der Waals surface area contributed by atoms with E-state index in [0.717, 1.165) is 18.8 Å². The van der Waals surface area contributed by atoms with Crippen molar-refractivity contribution in [2.45, 2.75) is 57.5 Å². The molecule has 0 aliphatic heterocycles. The van der Waals surface area contributed by atoms with Gasteiger partial charge in [0.25, 0.3) is 0 Å². The van der Waals surface area contributed by atoms with Crippen molar-refractivity contribution in [2.24, 2.45) is 17.4 Å². The molecule has 12 heavy (non-hydrogen) atoms. The van der Waals surface area contributed by atoms with E-state index in [2.05, 4.69) is 6.92 Å². The summed E-state index contributed by atoms with van der Waals surface area (Å²) in [7, 11) is 0. The van der Waals surface area contributed by atoms with Crippen LogP contribution in [0.5, 0.6) is 0 Å². The molecule has 1 aliphatic rings. The zero-order chi connectivity index (χ0) is 9.03. The standard InChI is InChI=1S/C10H22N2/c1-9-5-2-3-7-10(11,12)8-4-6-9/h9H,2-8,11-12H2,1H3. The lowest BCUT2D eigenvalue weighted by Crippen LogP contribution is -2.49. The van der Waals surface area contributed by atoms with E-state index >= 15 is 0 Å². The number of hydrogen-bond donors (Lipinski definition) is 2. The van der Waals surface area contributed by atoms with E-state index in [1.807, 2.05) is 0 Å². The fourth-order valence-corrected chi connectivity index (χ4v) is 2.00. The summed E-state index contributed by atoms with van der Waals surface area (Å²) in [6, 6.07) is 0. The molecule has 4 N–H and O–H groups in total. The third-order valence-electron chi connectivity index (χ3n) is 2.93. The van der Waals surface area contributed by atoms with Crippen LogP contribution >= 0.6 is 0 Å². The van der Waals surface area contributed by atoms with Crippen LogP contribution in [0.3, 0.4) is 0 Å². The molecule has 2 heteroatoms. The molecule has 0 aromatic heterocycles. The number of hydrogen-bond acceptors (Lipinski definition) is 2. The van der Waals surface area contributed by atoms with Crippen molar-refractivity contribution < 1.29 is 0 Å². The zero-order valence-corrected chi connectivity index (χ0v) is 8.18. The van der Waals surface area contributed by atoms with Gasteiger partial charge in [0.1, 0.15) is 0 Å². The first kappa shape index (κ1) is 10.0. The number of nitrogens with two attached hydrogens (primary N) is 2. The Morgan fingerprint density at radius 2 is 1.58 bits per heavy atom. The van der Waals surface area contributed by atoms with Gasteiger partial charge in [-0.3, -0.25) is 0 Å². The third-order valence-corrected chi connectivity index (χ3v) is 2.93. The van der Waals surface area contributed by atoms with E-state index < -0.39 is 0 Å². The maximum absolute atomic E-state index is 5.94. The maximum atomic E-state index is 5.94. The summed E-state index contributed by atoms with van der Waals surface area (Å²) >= 11 is 0. The highest BCUT2D eigenvalue weighted by molar-refractivity contribution is 4.78. The molecular weight excluding hydrogens is 148 g/mol. The van der Waals surface area contributed by atoms with E-state index in [-0.39, 0.29) is 5.66 Å². The number of rotatable bonds is 0. The van der Waals surface area contributed by atoms with Gasteiger partial charge in [-0.2, -0.15) is 0 Å². The monoisotopic (exact) mass is 170 g/mol. The molecule has 1 saturated carbocycles. The Labute approximate surface area is 75.7 Å². The molecule has 0 bridgehead atoms. The van der Waals surface area contributed by atoms with Crippen molar-refractivity contribution in [3.8, 4) is 0 Å². The minimum Gasteiger partial charge on any atom is -0.313 e. The van der Waals surface area contributed by atoms with E-state index in [4.69, 9.17) is 11.5 Å². The summed E-state index contributed by atoms with van der Waals surface area (Å²) in [4.78, 5) is 0. The van der Waals surface area contributed by atoms with Gasteiger partial charge >= 0.3 is 0 Å². The van der Waals surface area contributed by atoms with Crippen LogP contribution in [-0.2, 0) is 0 Å². The molecule has 2 nitrogen and oxygen atoms in total. The summed E-state index contributed by atoms with van der Waals surface area (Å²) in [6.07, 6.45) is 8.37. The molecule has 0 heterocycles. The molecule has 1 atom stereocenters. The lowest BCUT2D eigenvalue weighted by molar-refractivity contribution is 0.359. The van der Waals surface area contributed by atoms with Gasteiger partial charge in [-0.25, -0.2) is 0 Å². The topological polar surface area (TPSA) is 52.0 Å². The van der Waals surface area contributed by atoms with Crippen LogP contribution < -0.4 is 11.5 Å².